The van der Waals surface area contributed by atoms with Gasteiger partial charge < -0.3 is 0 Å². The summed E-state index contributed by atoms with van der Waals surface area (Å²) in [5.41, 5.74) is -0.908. The quantitative estimate of drug-likeness (QED) is 0.755. The second-order valence-corrected chi connectivity index (χ2v) is 4.91. The number of nitriles is 1. The summed E-state index contributed by atoms with van der Waals surface area (Å²) in [5.74, 6) is -1.55. The Morgan fingerprint density at radius 3 is 2.42 bits per heavy atom. The number of benzene rings is 2. The van der Waals surface area contributed by atoms with Gasteiger partial charge in [-0.25, -0.2) is 0 Å². The molecule has 0 radical (unpaired) electrons. The molecule has 0 saturated heterocycles. The molecule has 96 valence electrons. The lowest BCUT2D eigenvalue weighted by Crippen LogP contribution is -2.19. The maximum absolute atomic E-state index is 12.9. The molecule has 1 aliphatic rings. The SMILES string of the molecule is N#C[C@@]1(c2cccc3ccccc23)C[C@H]1C(F)(F)F. The van der Waals surface area contributed by atoms with Gasteiger partial charge in [-0.1, -0.05) is 42.5 Å². The number of hydrogen-bond acceptors (Lipinski definition) is 1. The lowest BCUT2D eigenvalue weighted by atomic mass is 9.90. The van der Waals surface area contributed by atoms with E-state index in [1.54, 1.807) is 24.3 Å². The Balaban J connectivity index is 2.18. The monoisotopic (exact) mass is 261 g/mol. The number of rotatable bonds is 1. The summed E-state index contributed by atoms with van der Waals surface area (Å²) < 4.78 is 38.6. The molecule has 1 nitrogen and oxygen atoms in total. The van der Waals surface area contributed by atoms with Crippen molar-refractivity contribution in [3.05, 3.63) is 48.0 Å². The fourth-order valence-electron chi connectivity index (χ4n) is 2.75. The Morgan fingerprint density at radius 1 is 1.11 bits per heavy atom. The Morgan fingerprint density at radius 2 is 1.79 bits per heavy atom. The minimum absolute atomic E-state index is 0.138. The smallest absolute Gasteiger partial charge is 0.197 e. The van der Waals surface area contributed by atoms with E-state index in [9.17, 15) is 18.4 Å². The molecular formula is C15H10F3N. The molecular weight excluding hydrogens is 251 g/mol. The van der Waals surface area contributed by atoms with E-state index in [4.69, 9.17) is 0 Å². The average molecular weight is 261 g/mol. The number of nitrogens with zero attached hydrogens (tertiary/aromatic N) is 1. The van der Waals surface area contributed by atoms with Crippen LogP contribution in [0.2, 0.25) is 0 Å². The van der Waals surface area contributed by atoms with E-state index in [0.717, 1.165) is 10.8 Å². The standard InChI is InChI=1S/C15H10F3N/c16-15(17,18)13-8-14(13,9-19)12-7-3-5-10-4-1-2-6-11(10)12/h1-7,13H,8H2/t13-,14-/m1/s1. The van der Waals surface area contributed by atoms with E-state index in [0.29, 0.717) is 5.56 Å². The fraction of sp³-hybridized carbons (Fsp3) is 0.267. The minimum Gasteiger partial charge on any atom is -0.197 e. The predicted octanol–water partition coefficient (Wildman–Crippen LogP) is 4.18. The van der Waals surface area contributed by atoms with Gasteiger partial charge in [0.1, 0.15) is 0 Å². The summed E-state index contributed by atoms with van der Waals surface area (Å²) in [6, 6.07) is 14.3. The number of halogens is 3. The Kier molecular flexibility index (Phi) is 2.37. The van der Waals surface area contributed by atoms with E-state index >= 15 is 0 Å². The highest BCUT2D eigenvalue weighted by Gasteiger charge is 2.68. The molecule has 0 heterocycles. The number of fused-ring (bicyclic) bond motifs is 1. The Labute approximate surface area is 108 Å². The second-order valence-electron chi connectivity index (χ2n) is 4.91. The molecule has 0 amide bonds. The van der Waals surface area contributed by atoms with Crippen LogP contribution in [-0.4, -0.2) is 6.18 Å². The zero-order valence-electron chi connectivity index (χ0n) is 9.91. The number of hydrogen-bond donors (Lipinski definition) is 0. The molecule has 2 aromatic carbocycles. The lowest BCUT2D eigenvalue weighted by Gasteiger charge is -2.14. The van der Waals surface area contributed by atoms with Gasteiger partial charge in [-0.3, -0.25) is 0 Å². The first-order chi connectivity index (χ1) is 8.99. The van der Waals surface area contributed by atoms with Crippen molar-refractivity contribution in [3.63, 3.8) is 0 Å². The van der Waals surface area contributed by atoms with Crippen molar-refractivity contribution >= 4 is 10.8 Å². The van der Waals surface area contributed by atoms with Crippen molar-refractivity contribution in [2.45, 2.75) is 18.0 Å². The third-order valence-electron chi connectivity index (χ3n) is 3.83. The van der Waals surface area contributed by atoms with Gasteiger partial charge in [0.05, 0.1) is 17.4 Å². The molecule has 0 spiro atoms. The third-order valence-corrected chi connectivity index (χ3v) is 3.83. The van der Waals surface area contributed by atoms with Crippen LogP contribution in [0.4, 0.5) is 13.2 Å². The first-order valence-electron chi connectivity index (χ1n) is 5.95. The van der Waals surface area contributed by atoms with Crippen LogP contribution in [0.1, 0.15) is 12.0 Å². The van der Waals surface area contributed by atoms with Crippen LogP contribution in [0.25, 0.3) is 10.8 Å². The molecule has 2 atom stereocenters. The molecule has 19 heavy (non-hydrogen) atoms. The first kappa shape index (κ1) is 12.0. The summed E-state index contributed by atoms with van der Waals surface area (Å²) in [6.07, 6.45) is -4.45. The molecule has 3 rings (SSSR count). The molecule has 4 heteroatoms. The molecule has 1 aliphatic carbocycles. The number of alkyl halides is 3. The summed E-state index contributed by atoms with van der Waals surface area (Å²) in [7, 11) is 0. The van der Waals surface area contributed by atoms with Crippen LogP contribution < -0.4 is 0 Å². The van der Waals surface area contributed by atoms with Crippen LogP contribution in [0.3, 0.4) is 0 Å². The van der Waals surface area contributed by atoms with Crippen LogP contribution in [0.15, 0.2) is 42.5 Å². The van der Waals surface area contributed by atoms with Gasteiger partial charge in [-0.2, -0.15) is 18.4 Å². The van der Waals surface area contributed by atoms with Crippen LogP contribution in [-0.2, 0) is 5.41 Å². The van der Waals surface area contributed by atoms with Crippen molar-refractivity contribution in [1.29, 1.82) is 5.26 Å². The molecule has 1 saturated carbocycles. The van der Waals surface area contributed by atoms with Crippen LogP contribution in [0.5, 0.6) is 0 Å². The first-order valence-corrected chi connectivity index (χ1v) is 5.95. The second kappa shape index (κ2) is 3.74. The molecule has 0 aliphatic heterocycles. The largest absolute Gasteiger partial charge is 0.393 e. The van der Waals surface area contributed by atoms with Crippen LogP contribution >= 0.6 is 0 Å². The van der Waals surface area contributed by atoms with Gasteiger partial charge in [-0.05, 0) is 22.8 Å². The van der Waals surface area contributed by atoms with E-state index in [1.807, 2.05) is 24.3 Å². The normalized spacial score (nSPS) is 26.1. The van der Waals surface area contributed by atoms with Crippen molar-refractivity contribution in [3.8, 4) is 6.07 Å². The Hall–Kier alpha value is -2.02. The summed E-state index contributed by atoms with van der Waals surface area (Å²) in [4.78, 5) is 0. The molecule has 1 fully saturated rings. The zero-order valence-corrected chi connectivity index (χ0v) is 9.91. The van der Waals surface area contributed by atoms with Gasteiger partial charge in [0.2, 0.25) is 0 Å². The molecule has 0 unspecified atom stereocenters. The maximum Gasteiger partial charge on any atom is 0.393 e. The molecule has 0 N–H and O–H groups in total. The van der Waals surface area contributed by atoms with E-state index in [-0.39, 0.29) is 6.42 Å². The summed E-state index contributed by atoms with van der Waals surface area (Å²) in [5, 5.41) is 10.9. The molecule has 0 aromatic heterocycles. The van der Waals surface area contributed by atoms with Crippen molar-refractivity contribution < 1.29 is 13.2 Å². The highest BCUT2D eigenvalue weighted by molar-refractivity contribution is 5.87. The van der Waals surface area contributed by atoms with Crippen molar-refractivity contribution in [2.24, 2.45) is 5.92 Å². The summed E-state index contributed by atoms with van der Waals surface area (Å²) in [6.45, 7) is 0. The van der Waals surface area contributed by atoms with E-state index in [2.05, 4.69) is 0 Å². The average Bonchev–Trinajstić information content (AvgIpc) is 3.14. The van der Waals surface area contributed by atoms with Gasteiger partial charge in [0.15, 0.2) is 0 Å². The Bertz CT molecular complexity index is 678. The topological polar surface area (TPSA) is 23.8 Å². The molecule has 0 bridgehead atoms. The fourth-order valence-corrected chi connectivity index (χ4v) is 2.75. The predicted molar refractivity (Wildman–Crippen MR) is 65.4 cm³/mol. The van der Waals surface area contributed by atoms with Gasteiger partial charge in [-0.15, -0.1) is 0 Å². The summed E-state index contributed by atoms with van der Waals surface area (Å²) >= 11 is 0. The van der Waals surface area contributed by atoms with E-state index in [1.165, 1.54) is 0 Å². The highest BCUT2D eigenvalue weighted by Crippen LogP contribution is 2.61. The van der Waals surface area contributed by atoms with Crippen molar-refractivity contribution in [2.75, 3.05) is 0 Å². The van der Waals surface area contributed by atoms with Gasteiger partial charge in [0.25, 0.3) is 0 Å². The van der Waals surface area contributed by atoms with E-state index < -0.39 is 17.5 Å². The zero-order chi connectivity index (χ0) is 13.7. The maximum atomic E-state index is 12.9. The lowest BCUT2D eigenvalue weighted by molar-refractivity contribution is -0.150. The van der Waals surface area contributed by atoms with Crippen molar-refractivity contribution in [1.82, 2.24) is 0 Å². The third kappa shape index (κ3) is 1.69. The van der Waals surface area contributed by atoms with Crippen LogP contribution in [0, 0.1) is 17.2 Å². The van der Waals surface area contributed by atoms with Gasteiger partial charge in [0, 0.05) is 0 Å². The highest BCUT2D eigenvalue weighted by atomic mass is 19.4. The molecule has 2 aromatic rings. The minimum atomic E-state index is -4.31. The van der Waals surface area contributed by atoms with Gasteiger partial charge >= 0.3 is 6.18 Å².